The summed E-state index contributed by atoms with van der Waals surface area (Å²) in [6, 6.07) is 8.22. The largest absolute Gasteiger partial charge is 0.507 e. The minimum Gasteiger partial charge on any atom is -0.507 e. The Kier molecular flexibility index (Phi) is 6.72. The fourth-order valence-corrected chi connectivity index (χ4v) is 8.74. The number of ether oxygens (including phenoxy) is 1. The zero-order valence-electron chi connectivity index (χ0n) is 27.5. The van der Waals surface area contributed by atoms with Crippen molar-refractivity contribution >= 4 is 64.6 Å². The third-order valence-corrected chi connectivity index (χ3v) is 10.9. The molecule has 0 spiro atoms. The van der Waals surface area contributed by atoms with E-state index in [-0.39, 0.29) is 77.3 Å². The van der Waals surface area contributed by atoms with Crippen LogP contribution in [0.25, 0.3) is 64.6 Å². The minimum absolute atomic E-state index is 0.00430. The molecule has 9 heteroatoms. The van der Waals surface area contributed by atoms with Gasteiger partial charge in [-0.3, -0.25) is 9.59 Å². The van der Waals surface area contributed by atoms with Gasteiger partial charge in [0.1, 0.15) is 34.5 Å². The first-order valence-electron chi connectivity index (χ1n) is 16.6. The van der Waals surface area contributed by atoms with E-state index in [4.69, 9.17) is 4.74 Å². The predicted octanol–water partition coefficient (Wildman–Crippen LogP) is 7.72. The number of aryl methyl sites for hydroxylation is 1. The van der Waals surface area contributed by atoms with Crippen molar-refractivity contribution < 1.29 is 35.4 Å². The molecular weight excluding hydrogens is 624 g/mol. The van der Waals surface area contributed by atoms with Crippen molar-refractivity contribution in [2.45, 2.75) is 59.7 Å². The Bertz CT molecular complexity index is 2660. The van der Waals surface area contributed by atoms with Crippen LogP contribution in [0.5, 0.6) is 34.5 Å². The molecule has 1 fully saturated rings. The maximum atomic E-state index is 14.0. The molecule has 49 heavy (non-hydrogen) atoms. The minimum atomic E-state index is -0.525. The van der Waals surface area contributed by atoms with Gasteiger partial charge >= 0.3 is 0 Å². The van der Waals surface area contributed by atoms with Gasteiger partial charge in [-0.1, -0.05) is 33.3 Å². The SMILES string of the molecule is Cc1cc(=O)c2c(O)c3c(O)cc(O)c4c5c(O)cc(O)c6c(O)c7c(=O)cc(CO[C@@H]8C[C@H](C)CC[C@H]8C(C)C)cc7c(c65)c(c2c1)c34. The summed E-state index contributed by atoms with van der Waals surface area (Å²) < 4.78 is 6.53. The van der Waals surface area contributed by atoms with E-state index in [1.54, 1.807) is 19.1 Å². The van der Waals surface area contributed by atoms with Gasteiger partial charge < -0.3 is 35.4 Å². The molecule has 7 aromatic rings. The zero-order valence-corrected chi connectivity index (χ0v) is 27.5. The van der Waals surface area contributed by atoms with Gasteiger partial charge in [-0.15, -0.1) is 0 Å². The summed E-state index contributed by atoms with van der Waals surface area (Å²) in [5.41, 5.74) is 0.0809. The molecule has 250 valence electrons. The summed E-state index contributed by atoms with van der Waals surface area (Å²) in [6.45, 7) is 8.43. The summed E-state index contributed by atoms with van der Waals surface area (Å²) in [5.74, 6) is -1.61. The van der Waals surface area contributed by atoms with E-state index < -0.39 is 45.4 Å². The molecule has 0 aliphatic heterocycles. The summed E-state index contributed by atoms with van der Waals surface area (Å²) in [4.78, 5) is 27.5. The van der Waals surface area contributed by atoms with Crippen LogP contribution in [0.3, 0.4) is 0 Å². The van der Waals surface area contributed by atoms with Gasteiger partial charge in [-0.05, 0) is 88.4 Å². The summed E-state index contributed by atoms with van der Waals surface area (Å²) in [6.07, 6.45) is 3.08. The lowest BCUT2D eigenvalue weighted by Crippen LogP contribution is -2.34. The molecule has 1 aliphatic carbocycles. The van der Waals surface area contributed by atoms with Gasteiger partial charge in [0, 0.05) is 33.7 Å². The van der Waals surface area contributed by atoms with Crippen LogP contribution < -0.4 is 10.9 Å². The second-order valence-electron chi connectivity index (χ2n) is 14.4. The molecule has 0 bridgehead atoms. The summed E-state index contributed by atoms with van der Waals surface area (Å²) in [5, 5.41) is 69.3. The van der Waals surface area contributed by atoms with Crippen molar-refractivity contribution in [3.63, 3.8) is 0 Å². The summed E-state index contributed by atoms with van der Waals surface area (Å²) in [7, 11) is 0. The maximum absolute atomic E-state index is 14.0. The number of hydrogen-bond acceptors (Lipinski definition) is 9. The molecule has 0 amide bonds. The van der Waals surface area contributed by atoms with Gasteiger partial charge in [0.2, 0.25) is 0 Å². The van der Waals surface area contributed by atoms with Crippen molar-refractivity contribution in [2.75, 3.05) is 0 Å². The average Bonchev–Trinajstić information content (AvgIpc) is 3.01. The van der Waals surface area contributed by atoms with Crippen molar-refractivity contribution in [1.29, 1.82) is 0 Å². The number of fused-ring (bicyclic) bond motifs is 6. The third kappa shape index (κ3) is 4.28. The first-order chi connectivity index (χ1) is 23.3. The van der Waals surface area contributed by atoms with E-state index in [1.165, 1.54) is 12.1 Å². The van der Waals surface area contributed by atoms with E-state index in [2.05, 4.69) is 20.8 Å². The smallest absolute Gasteiger partial charge is 0.190 e. The lowest BCUT2D eigenvalue weighted by atomic mass is 9.75. The number of aromatic hydroxyl groups is 6. The molecule has 3 atom stereocenters. The molecule has 1 saturated carbocycles. The Morgan fingerprint density at radius 2 is 1.14 bits per heavy atom. The van der Waals surface area contributed by atoms with Crippen LogP contribution in [0, 0.1) is 24.7 Å². The van der Waals surface area contributed by atoms with E-state index in [9.17, 15) is 40.2 Å². The van der Waals surface area contributed by atoms with Crippen LogP contribution >= 0.6 is 0 Å². The highest BCUT2D eigenvalue weighted by Gasteiger charge is 2.33. The molecular formula is C40H36O9. The molecule has 0 heterocycles. The molecule has 8 rings (SSSR count). The lowest BCUT2D eigenvalue weighted by Gasteiger charge is -2.37. The summed E-state index contributed by atoms with van der Waals surface area (Å²) >= 11 is 0. The molecule has 0 aromatic heterocycles. The fourth-order valence-electron chi connectivity index (χ4n) is 8.74. The Morgan fingerprint density at radius 3 is 1.69 bits per heavy atom. The number of hydrogen-bond donors (Lipinski definition) is 6. The van der Waals surface area contributed by atoms with Crippen LogP contribution in [0.15, 0.2) is 46.0 Å². The van der Waals surface area contributed by atoms with Crippen LogP contribution in [-0.2, 0) is 11.3 Å². The fraction of sp³-hybridized carbons (Fsp3) is 0.300. The number of phenols is 6. The Labute approximate surface area is 279 Å². The second kappa shape index (κ2) is 10.6. The van der Waals surface area contributed by atoms with Crippen molar-refractivity contribution in [3.8, 4) is 34.5 Å². The second-order valence-corrected chi connectivity index (χ2v) is 14.4. The van der Waals surface area contributed by atoms with Crippen LogP contribution in [0.1, 0.15) is 51.2 Å². The quantitative estimate of drug-likeness (QED) is 0.0819. The van der Waals surface area contributed by atoms with Gasteiger partial charge in [-0.2, -0.15) is 0 Å². The number of benzene rings is 7. The molecule has 1 aliphatic rings. The number of phenolic OH excluding ortho intramolecular Hbond substituents is 6. The highest BCUT2D eigenvalue weighted by Crippen LogP contribution is 2.57. The Balaban J connectivity index is 1.58. The average molecular weight is 661 g/mol. The highest BCUT2D eigenvalue weighted by atomic mass is 16.5. The van der Waals surface area contributed by atoms with Crippen molar-refractivity contribution in [3.05, 3.63) is 68.0 Å². The van der Waals surface area contributed by atoms with Crippen molar-refractivity contribution in [1.82, 2.24) is 0 Å². The first-order valence-corrected chi connectivity index (χ1v) is 16.6. The van der Waals surface area contributed by atoms with E-state index in [0.29, 0.717) is 28.9 Å². The predicted molar refractivity (Wildman–Crippen MR) is 191 cm³/mol. The maximum Gasteiger partial charge on any atom is 0.190 e. The van der Waals surface area contributed by atoms with Gasteiger partial charge in [0.25, 0.3) is 0 Å². The molecule has 7 aromatic carbocycles. The molecule has 6 N–H and O–H groups in total. The first kappa shape index (κ1) is 31.0. The Hall–Kier alpha value is -5.28. The van der Waals surface area contributed by atoms with Gasteiger partial charge in [0.15, 0.2) is 10.9 Å². The topological polar surface area (TPSA) is 165 Å². The standard InChI is InChI=1S/C40H36O9/c1-15(2)19-6-5-16(3)9-28(19)49-14-18-10-21-30(23(42)11-18)40(48)36-27(46)13-25(44)34-33-24(43)12-26(45)35-37(33)31(32(21)38(34)36)20-7-17(4)8-22(41)29(20)39(35)47/h7-8,10-13,15-16,19,28,43-48H,5-6,9,14H2,1-4H3/t16-,19+,28-/m1/s1. The van der Waals surface area contributed by atoms with Crippen LogP contribution in [0.4, 0.5) is 0 Å². The normalized spacial score (nSPS) is 18.8. The van der Waals surface area contributed by atoms with E-state index in [0.717, 1.165) is 31.4 Å². The van der Waals surface area contributed by atoms with Gasteiger partial charge in [-0.25, -0.2) is 0 Å². The van der Waals surface area contributed by atoms with E-state index in [1.807, 2.05) is 0 Å². The zero-order chi connectivity index (χ0) is 34.8. The molecule has 0 radical (unpaired) electrons. The van der Waals surface area contributed by atoms with Crippen LogP contribution in [-0.4, -0.2) is 36.7 Å². The van der Waals surface area contributed by atoms with E-state index >= 15 is 0 Å². The Morgan fingerprint density at radius 1 is 0.633 bits per heavy atom. The van der Waals surface area contributed by atoms with Crippen LogP contribution in [0.2, 0.25) is 0 Å². The lowest BCUT2D eigenvalue weighted by molar-refractivity contribution is -0.0472. The third-order valence-electron chi connectivity index (χ3n) is 10.9. The number of rotatable bonds is 4. The van der Waals surface area contributed by atoms with Crippen molar-refractivity contribution in [2.24, 2.45) is 17.8 Å². The monoisotopic (exact) mass is 660 g/mol. The molecule has 0 unspecified atom stereocenters. The molecule has 0 saturated heterocycles. The highest BCUT2D eigenvalue weighted by molar-refractivity contribution is 6.46. The van der Waals surface area contributed by atoms with Gasteiger partial charge in [0.05, 0.1) is 34.3 Å². The molecule has 9 nitrogen and oxygen atoms in total.